The molecule has 0 bridgehead atoms. The van der Waals surface area contributed by atoms with Crippen LogP contribution in [0.4, 0.5) is 0 Å². The molecule has 0 aliphatic rings. The minimum absolute atomic E-state index is 0.411. The van der Waals surface area contributed by atoms with Gasteiger partial charge in [-0.3, -0.25) is 0 Å². The standard InChI is InChI=1S/C11H15N3OS/c1-8-7-16-11(13-8)6-9(15)5-10-12-3-4-14(10)2/h3-4,7,9,15H,5-6H2,1-2H3. The van der Waals surface area contributed by atoms with Gasteiger partial charge < -0.3 is 9.67 Å². The Kier molecular flexibility index (Phi) is 3.36. The Labute approximate surface area is 98.6 Å². The Hall–Kier alpha value is -1.20. The molecular formula is C11H15N3OS. The summed E-state index contributed by atoms with van der Waals surface area (Å²) in [6.07, 6.45) is 4.39. The smallest absolute Gasteiger partial charge is 0.110 e. The molecule has 0 aromatic carbocycles. The van der Waals surface area contributed by atoms with E-state index in [0.29, 0.717) is 12.8 Å². The van der Waals surface area contributed by atoms with Crippen molar-refractivity contribution in [2.75, 3.05) is 0 Å². The SMILES string of the molecule is Cc1csc(CC(O)Cc2nccn2C)n1. The van der Waals surface area contributed by atoms with Gasteiger partial charge in [-0.25, -0.2) is 9.97 Å². The highest BCUT2D eigenvalue weighted by Crippen LogP contribution is 2.12. The second kappa shape index (κ2) is 4.76. The molecule has 1 N–H and O–H groups in total. The Morgan fingerprint density at radius 1 is 1.50 bits per heavy atom. The average molecular weight is 237 g/mol. The van der Waals surface area contributed by atoms with Crippen molar-refractivity contribution in [3.8, 4) is 0 Å². The van der Waals surface area contributed by atoms with Crippen molar-refractivity contribution in [1.29, 1.82) is 0 Å². The van der Waals surface area contributed by atoms with Crippen molar-refractivity contribution in [2.45, 2.75) is 25.9 Å². The van der Waals surface area contributed by atoms with Crippen molar-refractivity contribution < 1.29 is 5.11 Å². The molecule has 4 nitrogen and oxygen atoms in total. The molecule has 0 saturated heterocycles. The van der Waals surface area contributed by atoms with E-state index in [9.17, 15) is 5.11 Å². The lowest BCUT2D eigenvalue weighted by Gasteiger charge is -2.08. The molecule has 0 aliphatic carbocycles. The summed E-state index contributed by atoms with van der Waals surface area (Å²) in [5.41, 5.74) is 1.02. The first-order valence-electron chi connectivity index (χ1n) is 5.20. The van der Waals surface area contributed by atoms with Gasteiger partial charge in [0.2, 0.25) is 0 Å². The predicted octanol–water partition coefficient (Wildman–Crippen LogP) is 1.33. The lowest BCUT2D eigenvalue weighted by molar-refractivity contribution is 0.172. The molecule has 1 atom stereocenters. The molecule has 0 spiro atoms. The minimum Gasteiger partial charge on any atom is -0.392 e. The highest BCUT2D eigenvalue weighted by atomic mass is 32.1. The van der Waals surface area contributed by atoms with Crippen LogP contribution in [0.15, 0.2) is 17.8 Å². The summed E-state index contributed by atoms with van der Waals surface area (Å²) in [7, 11) is 1.93. The first kappa shape index (κ1) is 11.3. The summed E-state index contributed by atoms with van der Waals surface area (Å²) in [6, 6.07) is 0. The first-order valence-corrected chi connectivity index (χ1v) is 6.08. The van der Waals surface area contributed by atoms with Gasteiger partial charge >= 0.3 is 0 Å². The van der Waals surface area contributed by atoms with E-state index in [0.717, 1.165) is 16.5 Å². The quantitative estimate of drug-likeness (QED) is 0.873. The van der Waals surface area contributed by atoms with Crippen LogP contribution < -0.4 is 0 Å². The van der Waals surface area contributed by atoms with E-state index < -0.39 is 6.10 Å². The number of aryl methyl sites for hydroxylation is 2. The average Bonchev–Trinajstić information content (AvgIpc) is 2.77. The van der Waals surface area contributed by atoms with Gasteiger partial charge in [0.1, 0.15) is 5.82 Å². The van der Waals surface area contributed by atoms with Crippen LogP contribution >= 0.6 is 11.3 Å². The second-order valence-electron chi connectivity index (χ2n) is 3.90. The van der Waals surface area contributed by atoms with Gasteiger partial charge in [0.05, 0.1) is 11.1 Å². The minimum atomic E-state index is -0.411. The Bertz CT molecular complexity index is 463. The van der Waals surface area contributed by atoms with E-state index in [1.165, 1.54) is 0 Å². The molecule has 5 heteroatoms. The maximum atomic E-state index is 9.92. The first-order chi connectivity index (χ1) is 7.65. The molecule has 0 fully saturated rings. The lowest BCUT2D eigenvalue weighted by Crippen LogP contribution is -2.16. The molecular weight excluding hydrogens is 222 g/mol. The van der Waals surface area contributed by atoms with E-state index in [1.54, 1.807) is 17.5 Å². The third kappa shape index (κ3) is 2.68. The fourth-order valence-electron chi connectivity index (χ4n) is 1.57. The third-order valence-electron chi connectivity index (χ3n) is 2.42. The van der Waals surface area contributed by atoms with E-state index in [1.807, 2.05) is 30.1 Å². The maximum absolute atomic E-state index is 9.92. The van der Waals surface area contributed by atoms with E-state index >= 15 is 0 Å². The van der Waals surface area contributed by atoms with Crippen LogP contribution in [-0.2, 0) is 19.9 Å². The summed E-state index contributed by atoms with van der Waals surface area (Å²) in [5, 5.41) is 12.9. The maximum Gasteiger partial charge on any atom is 0.110 e. The van der Waals surface area contributed by atoms with Crippen molar-refractivity contribution >= 4 is 11.3 Å². The molecule has 1 unspecified atom stereocenters. The van der Waals surface area contributed by atoms with Crippen molar-refractivity contribution in [1.82, 2.24) is 14.5 Å². The second-order valence-corrected chi connectivity index (χ2v) is 4.84. The number of aliphatic hydroxyl groups is 1. The van der Waals surface area contributed by atoms with Gasteiger partial charge in [-0.15, -0.1) is 11.3 Å². The van der Waals surface area contributed by atoms with Crippen LogP contribution in [0, 0.1) is 6.92 Å². The van der Waals surface area contributed by atoms with Gasteiger partial charge in [-0.1, -0.05) is 0 Å². The number of hydrogen-bond acceptors (Lipinski definition) is 4. The summed E-state index contributed by atoms with van der Waals surface area (Å²) >= 11 is 1.60. The van der Waals surface area contributed by atoms with Gasteiger partial charge in [0.25, 0.3) is 0 Å². The molecule has 0 amide bonds. The zero-order valence-electron chi connectivity index (χ0n) is 9.42. The third-order valence-corrected chi connectivity index (χ3v) is 3.40. The number of nitrogens with zero attached hydrogens (tertiary/aromatic N) is 3. The van der Waals surface area contributed by atoms with Crippen molar-refractivity contribution in [2.24, 2.45) is 7.05 Å². The Balaban J connectivity index is 1.94. The number of aromatic nitrogens is 3. The largest absolute Gasteiger partial charge is 0.392 e. The van der Waals surface area contributed by atoms with Crippen LogP contribution in [0.2, 0.25) is 0 Å². The monoisotopic (exact) mass is 237 g/mol. The van der Waals surface area contributed by atoms with E-state index in [2.05, 4.69) is 9.97 Å². The molecule has 0 aliphatic heterocycles. The molecule has 2 heterocycles. The Morgan fingerprint density at radius 2 is 2.31 bits per heavy atom. The number of thiazole rings is 1. The number of rotatable bonds is 4. The number of aliphatic hydroxyl groups excluding tert-OH is 1. The summed E-state index contributed by atoms with van der Waals surface area (Å²) in [6.45, 7) is 1.96. The molecule has 2 aromatic rings. The summed E-state index contributed by atoms with van der Waals surface area (Å²) in [5.74, 6) is 0.903. The number of hydrogen-bond donors (Lipinski definition) is 1. The zero-order chi connectivity index (χ0) is 11.5. The van der Waals surface area contributed by atoms with Gasteiger partial charge in [-0.05, 0) is 6.92 Å². The normalized spacial score (nSPS) is 12.9. The number of imidazole rings is 1. The Morgan fingerprint density at radius 3 is 2.88 bits per heavy atom. The van der Waals surface area contributed by atoms with Crippen LogP contribution in [0.5, 0.6) is 0 Å². The van der Waals surface area contributed by atoms with Gasteiger partial charge in [0, 0.05) is 43.4 Å². The molecule has 0 saturated carbocycles. The van der Waals surface area contributed by atoms with Gasteiger partial charge in [-0.2, -0.15) is 0 Å². The van der Waals surface area contributed by atoms with Crippen LogP contribution in [0.1, 0.15) is 16.5 Å². The van der Waals surface area contributed by atoms with Crippen LogP contribution in [0.3, 0.4) is 0 Å². The zero-order valence-corrected chi connectivity index (χ0v) is 10.2. The van der Waals surface area contributed by atoms with Crippen LogP contribution in [0.25, 0.3) is 0 Å². The van der Waals surface area contributed by atoms with Crippen LogP contribution in [-0.4, -0.2) is 25.7 Å². The highest BCUT2D eigenvalue weighted by molar-refractivity contribution is 7.09. The highest BCUT2D eigenvalue weighted by Gasteiger charge is 2.11. The lowest BCUT2D eigenvalue weighted by atomic mass is 10.2. The van der Waals surface area contributed by atoms with E-state index in [-0.39, 0.29) is 0 Å². The fourth-order valence-corrected chi connectivity index (χ4v) is 2.42. The molecule has 0 radical (unpaired) electrons. The predicted molar refractivity (Wildman–Crippen MR) is 63.5 cm³/mol. The van der Waals surface area contributed by atoms with E-state index in [4.69, 9.17) is 0 Å². The van der Waals surface area contributed by atoms with Crippen molar-refractivity contribution in [3.05, 3.63) is 34.3 Å². The molecule has 2 rings (SSSR count). The molecule has 86 valence electrons. The molecule has 16 heavy (non-hydrogen) atoms. The fraction of sp³-hybridized carbons (Fsp3) is 0.455. The van der Waals surface area contributed by atoms with Crippen molar-refractivity contribution in [3.63, 3.8) is 0 Å². The topological polar surface area (TPSA) is 50.9 Å². The van der Waals surface area contributed by atoms with Gasteiger partial charge in [0.15, 0.2) is 0 Å². The summed E-state index contributed by atoms with van der Waals surface area (Å²) < 4.78 is 1.93. The summed E-state index contributed by atoms with van der Waals surface area (Å²) in [4.78, 5) is 8.52. The molecule has 2 aromatic heterocycles.